The lowest BCUT2D eigenvalue weighted by Crippen LogP contribution is -2.28. The van der Waals surface area contributed by atoms with Crippen molar-refractivity contribution < 1.29 is 28.9 Å². The quantitative estimate of drug-likeness (QED) is 0.143. The molecule has 45 heavy (non-hydrogen) atoms. The Hall–Kier alpha value is -4.27. The van der Waals surface area contributed by atoms with Crippen LogP contribution >= 0.6 is 0 Å². The molecule has 3 aromatic carbocycles. The van der Waals surface area contributed by atoms with Crippen LogP contribution < -0.4 is 5.32 Å². The Morgan fingerprint density at radius 1 is 0.889 bits per heavy atom. The average Bonchev–Trinajstić information content (AvgIpc) is 3.31. The monoisotopic (exact) mass is 614 g/mol. The number of anilines is 1. The van der Waals surface area contributed by atoms with Crippen molar-refractivity contribution in [3.63, 3.8) is 0 Å². The number of aliphatic hydroxyl groups is 2. The molecule has 0 saturated heterocycles. The Morgan fingerprint density at radius 3 is 2.09 bits per heavy atom. The molecule has 0 aliphatic carbocycles. The smallest absolute Gasteiger partial charge is 0.308 e. The highest BCUT2D eigenvalue weighted by molar-refractivity contribution is 6.12. The number of hydrogen-bond acceptors (Lipinski definition) is 5. The Morgan fingerprint density at radius 2 is 1.49 bits per heavy atom. The summed E-state index contributed by atoms with van der Waals surface area (Å²) in [6, 6.07) is 25.1. The molecule has 0 aliphatic rings. The highest BCUT2D eigenvalue weighted by Gasteiger charge is 2.32. The molecule has 2 atom stereocenters. The van der Waals surface area contributed by atoms with Gasteiger partial charge in [0.05, 0.1) is 29.9 Å². The molecule has 0 unspecified atom stereocenters. The standard InChI is InChI=1S/C37H43FN2O5/c1-24(2)34-33(36(44)39-26-16-10-7-11-17-26)32(25-14-8-6-9-15-25)35(29-18-12-13-19-30(29)38)40(34)21-20-27(41)22-28(42)23-31(43)45-37(3,4)5/h6-19,24,27-28,41-42H,20-23H2,1-5H3,(H,39,44)/t27-,28-/m1/s1. The molecule has 0 bridgehead atoms. The van der Waals surface area contributed by atoms with Gasteiger partial charge in [-0.25, -0.2) is 4.39 Å². The number of aliphatic hydroxyl groups excluding tert-OH is 2. The molecular weight excluding hydrogens is 571 g/mol. The molecule has 4 aromatic rings. The number of halogens is 1. The number of carbonyl (C=O) groups is 2. The molecule has 0 spiro atoms. The van der Waals surface area contributed by atoms with E-state index in [0.29, 0.717) is 33.8 Å². The summed E-state index contributed by atoms with van der Waals surface area (Å²) in [7, 11) is 0. The van der Waals surface area contributed by atoms with Gasteiger partial charge in [-0.1, -0.05) is 74.5 Å². The number of para-hydroxylation sites is 1. The lowest BCUT2D eigenvalue weighted by Gasteiger charge is -2.22. The van der Waals surface area contributed by atoms with Crippen molar-refractivity contribution in [2.75, 3.05) is 5.32 Å². The van der Waals surface area contributed by atoms with E-state index in [9.17, 15) is 19.8 Å². The maximum Gasteiger partial charge on any atom is 0.308 e. The lowest BCUT2D eigenvalue weighted by molar-refractivity contribution is -0.157. The molecule has 0 aliphatic heterocycles. The minimum atomic E-state index is -1.10. The number of aromatic nitrogens is 1. The zero-order chi connectivity index (χ0) is 32.7. The lowest BCUT2D eigenvalue weighted by atomic mass is 9.94. The van der Waals surface area contributed by atoms with E-state index < -0.39 is 29.6 Å². The summed E-state index contributed by atoms with van der Waals surface area (Å²) in [5, 5.41) is 24.5. The van der Waals surface area contributed by atoms with Gasteiger partial charge in [0.2, 0.25) is 0 Å². The van der Waals surface area contributed by atoms with Crippen LogP contribution in [0.15, 0.2) is 84.9 Å². The van der Waals surface area contributed by atoms with Crippen LogP contribution in [0.5, 0.6) is 0 Å². The summed E-state index contributed by atoms with van der Waals surface area (Å²) >= 11 is 0. The molecule has 0 saturated carbocycles. The SMILES string of the molecule is CC(C)c1c(C(=O)Nc2ccccc2)c(-c2ccccc2)c(-c2ccccc2F)n1CC[C@@H](O)C[C@@H](O)CC(=O)OC(C)(C)C. The largest absolute Gasteiger partial charge is 0.460 e. The zero-order valence-electron chi connectivity index (χ0n) is 26.6. The van der Waals surface area contributed by atoms with Gasteiger partial charge < -0.3 is 24.8 Å². The van der Waals surface area contributed by atoms with E-state index in [1.54, 1.807) is 39.0 Å². The van der Waals surface area contributed by atoms with Crippen LogP contribution in [0.25, 0.3) is 22.4 Å². The van der Waals surface area contributed by atoms with E-state index in [0.717, 1.165) is 5.56 Å². The number of rotatable bonds is 12. The summed E-state index contributed by atoms with van der Waals surface area (Å²) in [5.41, 5.74) is 3.28. The molecule has 7 nitrogen and oxygen atoms in total. The first-order valence-corrected chi connectivity index (χ1v) is 15.4. The second kappa shape index (κ2) is 14.7. The third-order valence-corrected chi connectivity index (χ3v) is 7.35. The van der Waals surface area contributed by atoms with Gasteiger partial charge in [-0.15, -0.1) is 0 Å². The zero-order valence-corrected chi connectivity index (χ0v) is 26.6. The van der Waals surface area contributed by atoms with Crippen LogP contribution in [0.4, 0.5) is 10.1 Å². The van der Waals surface area contributed by atoms with Crippen molar-refractivity contribution in [1.29, 1.82) is 0 Å². The predicted octanol–water partition coefficient (Wildman–Crippen LogP) is 7.57. The maximum atomic E-state index is 15.6. The van der Waals surface area contributed by atoms with Crippen molar-refractivity contribution in [3.05, 3.63) is 102 Å². The van der Waals surface area contributed by atoms with E-state index in [1.807, 2.05) is 79.1 Å². The fourth-order valence-electron chi connectivity index (χ4n) is 5.60. The number of benzene rings is 3. The number of ether oxygens (including phenoxy) is 1. The first kappa shape index (κ1) is 33.6. The van der Waals surface area contributed by atoms with E-state index in [2.05, 4.69) is 5.32 Å². The molecule has 0 radical (unpaired) electrons. The maximum absolute atomic E-state index is 15.6. The first-order valence-electron chi connectivity index (χ1n) is 15.4. The van der Waals surface area contributed by atoms with Crippen molar-refractivity contribution >= 4 is 17.6 Å². The van der Waals surface area contributed by atoms with Crippen LogP contribution in [-0.2, 0) is 16.1 Å². The normalized spacial score (nSPS) is 13.0. The average molecular weight is 615 g/mol. The van der Waals surface area contributed by atoms with Gasteiger partial charge in [-0.2, -0.15) is 0 Å². The van der Waals surface area contributed by atoms with E-state index in [1.165, 1.54) is 6.07 Å². The number of carbonyl (C=O) groups excluding carboxylic acids is 2. The molecule has 8 heteroatoms. The van der Waals surface area contributed by atoms with Gasteiger partial charge in [0.15, 0.2) is 0 Å². The molecule has 4 rings (SSSR count). The molecule has 0 fully saturated rings. The molecule has 1 heterocycles. The van der Waals surface area contributed by atoms with Gasteiger partial charge in [0, 0.05) is 29.1 Å². The summed E-state index contributed by atoms with van der Waals surface area (Å²) < 4.78 is 22.8. The molecule has 1 amide bonds. The van der Waals surface area contributed by atoms with Crippen LogP contribution in [0.2, 0.25) is 0 Å². The Kier molecular flexibility index (Phi) is 11.0. The number of hydrogen-bond donors (Lipinski definition) is 3. The topological polar surface area (TPSA) is 101 Å². The van der Waals surface area contributed by atoms with Crippen LogP contribution in [-0.4, -0.2) is 44.5 Å². The second-order valence-corrected chi connectivity index (χ2v) is 12.6. The van der Waals surface area contributed by atoms with Gasteiger partial charge in [0.25, 0.3) is 5.91 Å². The fraction of sp³-hybridized carbons (Fsp3) is 0.351. The first-order chi connectivity index (χ1) is 21.4. The number of nitrogens with one attached hydrogen (secondary N) is 1. The summed E-state index contributed by atoms with van der Waals surface area (Å²) in [6.07, 6.45) is -2.16. The Balaban J connectivity index is 1.79. The highest BCUT2D eigenvalue weighted by Crippen LogP contribution is 2.43. The number of amides is 1. The van der Waals surface area contributed by atoms with Crippen molar-refractivity contribution in [2.24, 2.45) is 0 Å². The molecule has 1 aromatic heterocycles. The van der Waals surface area contributed by atoms with Gasteiger partial charge in [-0.3, -0.25) is 9.59 Å². The van der Waals surface area contributed by atoms with Gasteiger partial charge in [0.1, 0.15) is 11.4 Å². The predicted molar refractivity (Wildman–Crippen MR) is 175 cm³/mol. The van der Waals surface area contributed by atoms with E-state index in [-0.39, 0.29) is 37.6 Å². The van der Waals surface area contributed by atoms with Crippen LogP contribution in [0, 0.1) is 5.82 Å². The second-order valence-electron chi connectivity index (χ2n) is 12.6. The third-order valence-electron chi connectivity index (χ3n) is 7.35. The van der Waals surface area contributed by atoms with Gasteiger partial charge in [-0.05, 0) is 69.4 Å². The number of esters is 1. The van der Waals surface area contributed by atoms with Crippen molar-refractivity contribution in [1.82, 2.24) is 4.57 Å². The number of nitrogens with zero attached hydrogens (tertiary/aromatic N) is 1. The highest BCUT2D eigenvalue weighted by atomic mass is 19.1. The summed E-state index contributed by atoms with van der Waals surface area (Å²) in [5.74, 6) is -1.46. The van der Waals surface area contributed by atoms with Crippen molar-refractivity contribution in [3.8, 4) is 22.4 Å². The van der Waals surface area contributed by atoms with Crippen LogP contribution in [0.1, 0.15) is 75.9 Å². The molecule has 238 valence electrons. The summed E-state index contributed by atoms with van der Waals surface area (Å²) in [4.78, 5) is 26.4. The summed E-state index contributed by atoms with van der Waals surface area (Å²) in [6.45, 7) is 9.44. The molecule has 3 N–H and O–H groups in total. The van der Waals surface area contributed by atoms with Crippen LogP contribution in [0.3, 0.4) is 0 Å². The van der Waals surface area contributed by atoms with E-state index in [4.69, 9.17) is 4.74 Å². The Labute approximate surface area is 264 Å². The van der Waals surface area contributed by atoms with E-state index >= 15 is 4.39 Å². The third kappa shape index (κ3) is 8.68. The minimum Gasteiger partial charge on any atom is -0.460 e. The fourth-order valence-corrected chi connectivity index (χ4v) is 5.60. The Bertz CT molecular complexity index is 1590. The van der Waals surface area contributed by atoms with Crippen molar-refractivity contribution in [2.45, 2.75) is 84.2 Å². The minimum absolute atomic E-state index is 0.0422. The molecular formula is C37H43FN2O5. The van der Waals surface area contributed by atoms with Gasteiger partial charge >= 0.3 is 5.97 Å².